The lowest BCUT2D eigenvalue weighted by atomic mass is 10.1. The van der Waals surface area contributed by atoms with E-state index in [4.69, 9.17) is 4.74 Å². The molecule has 4 heteroatoms. The van der Waals surface area contributed by atoms with Crippen molar-refractivity contribution >= 4 is 17.0 Å². The first-order valence-corrected chi connectivity index (χ1v) is 5.23. The van der Waals surface area contributed by atoms with Crippen LogP contribution >= 0.6 is 0 Å². The molecule has 16 heavy (non-hydrogen) atoms. The molecule has 1 aliphatic heterocycles. The lowest BCUT2D eigenvalue weighted by molar-refractivity contribution is 0.177. The normalized spacial score (nSPS) is 19.8. The van der Waals surface area contributed by atoms with Crippen molar-refractivity contribution in [1.82, 2.24) is 9.88 Å². The van der Waals surface area contributed by atoms with Crippen molar-refractivity contribution in [2.45, 2.75) is 6.04 Å². The predicted octanol–water partition coefficient (Wildman–Crippen LogP) is 1.96. The topological polar surface area (TPSA) is 43.3 Å². The molecule has 3 rings (SSSR count). The molecule has 0 spiro atoms. The first kappa shape index (κ1) is 9.27. The van der Waals surface area contributed by atoms with Gasteiger partial charge in [0.25, 0.3) is 0 Å². The fourth-order valence-corrected chi connectivity index (χ4v) is 2.22. The first-order valence-electron chi connectivity index (χ1n) is 5.23. The van der Waals surface area contributed by atoms with Gasteiger partial charge in [-0.15, -0.1) is 0 Å². The predicted molar refractivity (Wildman–Crippen MR) is 60.1 cm³/mol. The first-order chi connectivity index (χ1) is 7.75. The summed E-state index contributed by atoms with van der Waals surface area (Å²) < 4.78 is 6.99. The number of hydrogen-bond donors (Lipinski definition) is 1. The van der Waals surface area contributed by atoms with Crippen LogP contribution < -0.4 is 5.32 Å². The van der Waals surface area contributed by atoms with E-state index in [1.165, 1.54) is 5.39 Å². The largest absolute Gasteiger partial charge is 0.447 e. The number of hydrogen-bond acceptors (Lipinski definition) is 2. The van der Waals surface area contributed by atoms with Crippen LogP contribution in [0.4, 0.5) is 4.79 Å². The molecule has 0 aliphatic carbocycles. The van der Waals surface area contributed by atoms with Crippen LogP contribution in [0.2, 0.25) is 0 Å². The quantitative estimate of drug-likeness (QED) is 0.791. The number of ether oxygens (including phenoxy) is 1. The van der Waals surface area contributed by atoms with E-state index in [-0.39, 0.29) is 12.1 Å². The highest BCUT2D eigenvalue weighted by Crippen LogP contribution is 2.27. The van der Waals surface area contributed by atoms with Crippen molar-refractivity contribution in [3.63, 3.8) is 0 Å². The third kappa shape index (κ3) is 1.26. The number of fused-ring (bicyclic) bond motifs is 1. The summed E-state index contributed by atoms with van der Waals surface area (Å²) in [6.45, 7) is 0.406. The van der Waals surface area contributed by atoms with Crippen LogP contribution in [-0.4, -0.2) is 17.3 Å². The molecule has 1 aromatic heterocycles. The van der Waals surface area contributed by atoms with Gasteiger partial charge in [-0.2, -0.15) is 0 Å². The Bertz CT molecular complexity index is 559. The van der Waals surface area contributed by atoms with Gasteiger partial charge in [-0.3, -0.25) is 0 Å². The summed E-state index contributed by atoms with van der Waals surface area (Å²) in [7, 11) is 2.00. The molecule has 1 saturated heterocycles. The van der Waals surface area contributed by atoms with Gasteiger partial charge in [0.15, 0.2) is 0 Å². The van der Waals surface area contributed by atoms with E-state index < -0.39 is 0 Å². The molecule has 2 heterocycles. The average molecular weight is 216 g/mol. The Kier molecular flexibility index (Phi) is 1.89. The Morgan fingerprint density at radius 3 is 3.06 bits per heavy atom. The van der Waals surface area contributed by atoms with Gasteiger partial charge in [-0.1, -0.05) is 18.2 Å². The summed E-state index contributed by atoms with van der Waals surface area (Å²) in [5.41, 5.74) is 2.26. The zero-order valence-electron chi connectivity index (χ0n) is 8.93. The van der Waals surface area contributed by atoms with E-state index in [9.17, 15) is 4.79 Å². The van der Waals surface area contributed by atoms with E-state index >= 15 is 0 Å². The summed E-state index contributed by atoms with van der Waals surface area (Å²) in [4.78, 5) is 11.0. The molecule has 2 aromatic rings. The molecule has 0 bridgehead atoms. The van der Waals surface area contributed by atoms with Crippen LogP contribution in [0.1, 0.15) is 11.6 Å². The minimum absolute atomic E-state index is 0.0372. The Morgan fingerprint density at radius 2 is 2.31 bits per heavy atom. The SMILES string of the molecule is Cn1ccc2cccc(C3COC(=O)N3)c21. The summed E-state index contributed by atoms with van der Waals surface area (Å²) in [5.74, 6) is 0. The number of carbonyl (C=O) groups is 1. The van der Waals surface area contributed by atoms with Crippen molar-refractivity contribution in [3.05, 3.63) is 36.0 Å². The number of aryl methyl sites for hydroxylation is 1. The number of carbonyl (C=O) groups excluding carboxylic acids is 1. The van der Waals surface area contributed by atoms with Crippen LogP contribution in [0.15, 0.2) is 30.5 Å². The molecule has 4 nitrogen and oxygen atoms in total. The summed E-state index contributed by atoms with van der Waals surface area (Å²) in [6.07, 6.45) is 1.68. The number of aromatic nitrogens is 1. The molecule has 1 fully saturated rings. The number of nitrogens with zero attached hydrogens (tertiary/aromatic N) is 1. The van der Waals surface area contributed by atoms with Crippen LogP contribution in [0.25, 0.3) is 10.9 Å². The molecule has 1 atom stereocenters. The highest BCUT2D eigenvalue weighted by molar-refractivity contribution is 5.84. The van der Waals surface area contributed by atoms with Gasteiger partial charge < -0.3 is 14.6 Å². The second kappa shape index (κ2) is 3.27. The number of amides is 1. The van der Waals surface area contributed by atoms with E-state index in [1.54, 1.807) is 0 Å². The van der Waals surface area contributed by atoms with Crippen molar-refractivity contribution in [2.75, 3.05) is 6.61 Å². The second-order valence-electron chi connectivity index (χ2n) is 4.01. The monoisotopic (exact) mass is 216 g/mol. The zero-order valence-corrected chi connectivity index (χ0v) is 8.93. The number of benzene rings is 1. The fourth-order valence-electron chi connectivity index (χ4n) is 2.22. The standard InChI is InChI=1S/C12H12N2O2/c1-14-6-5-8-3-2-4-9(11(8)14)10-7-16-12(15)13-10/h2-6,10H,7H2,1H3,(H,13,15). The molecule has 1 amide bonds. The highest BCUT2D eigenvalue weighted by Gasteiger charge is 2.25. The van der Waals surface area contributed by atoms with E-state index in [0.717, 1.165) is 11.1 Å². The van der Waals surface area contributed by atoms with Crippen LogP contribution in [0, 0.1) is 0 Å². The van der Waals surface area contributed by atoms with E-state index in [0.29, 0.717) is 6.61 Å². The maximum atomic E-state index is 11.0. The molecule has 82 valence electrons. The molecular formula is C12H12N2O2. The summed E-state index contributed by atoms with van der Waals surface area (Å²) >= 11 is 0. The fraction of sp³-hybridized carbons (Fsp3) is 0.250. The number of rotatable bonds is 1. The van der Waals surface area contributed by atoms with Crippen LogP contribution in [0.3, 0.4) is 0 Å². The van der Waals surface area contributed by atoms with Gasteiger partial charge in [-0.25, -0.2) is 4.79 Å². The molecule has 1 N–H and O–H groups in total. The molecule has 1 unspecified atom stereocenters. The number of alkyl carbamates (subject to hydrolysis) is 1. The Hall–Kier alpha value is -1.97. The Balaban J connectivity index is 2.15. The third-order valence-electron chi connectivity index (χ3n) is 2.98. The number of cyclic esters (lactones) is 1. The van der Waals surface area contributed by atoms with Crippen molar-refractivity contribution in [3.8, 4) is 0 Å². The van der Waals surface area contributed by atoms with E-state index in [2.05, 4.69) is 22.0 Å². The van der Waals surface area contributed by atoms with Crippen LogP contribution in [-0.2, 0) is 11.8 Å². The molecule has 0 saturated carbocycles. The van der Waals surface area contributed by atoms with Crippen molar-refractivity contribution in [1.29, 1.82) is 0 Å². The molecule has 1 aliphatic rings. The third-order valence-corrected chi connectivity index (χ3v) is 2.98. The Labute approximate surface area is 92.8 Å². The van der Waals surface area contributed by atoms with Crippen LogP contribution in [0.5, 0.6) is 0 Å². The van der Waals surface area contributed by atoms with Gasteiger partial charge >= 0.3 is 6.09 Å². The van der Waals surface area contributed by atoms with Gasteiger partial charge in [0.05, 0.1) is 11.6 Å². The van der Waals surface area contributed by atoms with Crippen molar-refractivity contribution < 1.29 is 9.53 Å². The van der Waals surface area contributed by atoms with Gasteiger partial charge in [-0.05, 0) is 11.5 Å². The molecular weight excluding hydrogens is 204 g/mol. The maximum absolute atomic E-state index is 11.0. The molecule has 1 aromatic carbocycles. The van der Waals surface area contributed by atoms with Crippen molar-refractivity contribution in [2.24, 2.45) is 7.05 Å². The summed E-state index contributed by atoms with van der Waals surface area (Å²) in [6, 6.07) is 8.13. The summed E-state index contributed by atoms with van der Waals surface area (Å²) in [5, 5.41) is 3.99. The minimum atomic E-state index is -0.337. The zero-order chi connectivity index (χ0) is 11.1. The van der Waals surface area contributed by atoms with Gasteiger partial charge in [0.1, 0.15) is 6.61 Å². The minimum Gasteiger partial charge on any atom is -0.447 e. The second-order valence-corrected chi connectivity index (χ2v) is 4.01. The lowest BCUT2D eigenvalue weighted by Crippen LogP contribution is -2.18. The smallest absolute Gasteiger partial charge is 0.407 e. The maximum Gasteiger partial charge on any atom is 0.407 e. The van der Waals surface area contributed by atoms with Gasteiger partial charge in [0.2, 0.25) is 0 Å². The highest BCUT2D eigenvalue weighted by atomic mass is 16.6. The molecule has 0 radical (unpaired) electrons. The lowest BCUT2D eigenvalue weighted by Gasteiger charge is -2.10. The van der Waals surface area contributed by atoms with E-state index in [1.807, 2.05) is 25.4 Å². The average Bonchev–Trinajstić information content (AvgIpc) is 2.86. The number of nitrogens with one attached hydrogen (secondary N) is 1. The van der Waals surface area contributed by atoms with Gasteiger partial charge in [0, 0.05) is 18.8 Å². The Morgan fingerprint density at radius 1 is 1.44 bits per heavy atom. The number of para-hydroxylation sites is 1.